The van der Waals surface area contributed by atoms with Crippen molar-refractivity contribution < 1.29 is 19.1 Å². The number of aliphatic carboxylic acids is 1. The third-order valence-corrected chi connectivity index (χ3v) is 7.08. The SMILES string of the molecule is O=C(O)[C@@H]1C[C@@H](Sc2ncccc2Cl)CN1C(=O)C1(c2ncc(Cl)cc2F)CC1. The van der Waals surface area contributed by atoms with E-state index in [0.29, 0.717) is 22.9 Å². The van der Waals surface area contributed by atoms with Gasteiger partial charge in [-0.05, 0) is 37.5 Å². The first-order chi connectivity index (χ1) is 13.8. The molecule has 152 valence electrons. The summed E-state index contributed by atoms with van der Waals surface area (Å²) in [4.78, 5) is 34.7. The molecule has 2 aliphatic rings. The molecule has 2 aromatic rings. The van der Waals surface area contributed by atoms with Gasteiger partial charge in [0.15, 0.2) is 0 Å². The molecule has 1 aliphatic carbocycles. The molecule has 29 heavy (non-hydrogen) atoms. The highest BCUT2D eigenvalue weighted by atomic mass is 35.5. The normalized spacial score (nSPS) is 22.5. The summed E-state index contributed by atoms with van der Waals surface area (Å²) >= 11 is 13.3. The Morgan fingerprint density at radius 1 is 1.31 bits per heavy atom. The molecule has 0 aromatic carbocycles. The third kappa shape index (κ3) is 3.81. The Morgan fingerprint density at radius 2 is 2.07 bits per heavy atom. The summed E-state index contributed by atoms with van der Waals surface area (Å²) in [5.41, 5.74) is -1.09. The number of rotatable bonds is 5. The molecule has 10 heteroatoms. The van der Waals surface area contributed by atoms with Gasteiger partial charge in [0.1, 0.15) is 16.9 Å². The monoisotopic (exact) mass is 455 g/mol. The maximum atomic E-state index is 14.4. The Bertz CT molecular complexity index is 989. The van der Waals surface area contributed by atoms with Crippen LogP contribution in [0.15, 0.2) is 35.6 Å². The molecule has 3 heterocycles. The number of amides is 1. The van der Waals surface area contributed by atoms with Gasteiger partial charge in [0.2, 0.25) is 5.91 Å². The quantitative estimate of drug-likeness (QED) is 0.737. The maximum Gasteiger partial charge on any atom is 0.326 e. The molecular weight excluding hydrogens is 440 g/mol. The second kappa shape index (κ2) is 7.74. The molecule has 1 amide bonds. The summed E-state index contributed by atoms with van der Waals surface area (Å²) in [6.45, 7) is 0.213. The zero-order valence-corrected chi connectivity index (χ0v) is 17.3. The number of hydrogen-bond donors (Lipinski definition) is 1. The number of likely N-dealkylation sites (tertiary alicyclic amines) is 1. The number of carboxylic acid groups (broad SMARTS) is 1. The molecule has 1 saturated heterocycles. The summed E-state index contributed by atoms with van der Waals surface area (Å²) in [5.74, 6) is -2.15. The number of carboxylic acids is 1. The van der Waals surface area contributed by atoms with Crippen LogP contribution in [-0.2, 0) is 15.0 Å². The van der Waals surface area contributed by atoms with Crippen LogP contribution in [0, 0.1) is 5.82 Å². The van der Waals surface area contributed by atoms with Crippen LogP contribution in [0.3, 0.4) is 0 Å². The molecule has 1 aliphatic heterocycles. The van der Waals surface area contributed by atoms with Gasteiger partial charge in [-0.15, -0.1) is 0 Å². The van der Waals surface area contributed by atoms with E-state index in [9.17, 15) is 19.1 Å². The molecule has 0 spiro atoms. The fraction of sp³-hybridized carbons (Fsp3) is 0.368. The number of pyridine rings is 2. The predicted molar refractivity (Wildman–Crippen MR) is 107 cm³/mol. The molecule has 0 unspecified atom stereocenters. The lowest BCUT2D eigenvalue weighted by Gasteiger charge is -2.26. The van der Waals surface area contributed by atoms with Crippen molar-refractivity contribution in [2.24, 2.45) is 0 Å². The minimum absolute atomic E-state index is 0.0277. The Balaban J connectivity index is 1.58. The van der Waals surface area contributed by atoms with Gasteiger partial charge in [-0.3, -0.25) is 9.78 Å². The Morgan fingerprint density at radius 3 is 2.69 bits per heavy atom. The van der Waals surface area contributed by atoms with Crippen molar-refractivity contribution in [3.05, 3.63) is 52.1 Å². The highest BCUT2D eigenvalue weighted by Crippen LogP contribution is 2.51. The van der Waals surface area contributed by atoms with Crippen molar-refractivity contribution >= 4 is 46.8 Å². The largest absolute Gasteiger partial charge is 0.480 e. The lowest BCUT2D eigenvalue weighted by atomic mass is 9.98. The topological polar surface area (TPSA) is 83.4 Å². The third-order valence-electron chi connectivity index (χ3n) is 5.23. The van der Waals surface area contributed by atoms with Crippen LogP contribution in [0.4, 0.5) is 4.39 Å². The van der Waals surface area contributed by atoms with E-state index in [4.69, 9.17) is 23.2 Å². The molecule has 4 rings (SSSR count). The summed E-state index contributed by atoms with van der Waals surface area (Å²) in [6.07, 6.45) is 4.00. The summed E-state index contributed by atoms with van der Waals surface area (Å²) in [5, 5.41) is 10.7. The maximum absolute atomic E-state index is 14.4. The second-order valence-electron chi connectivity index (χ2n) is 7.14. The molecule has 1 N–H and O–H groups in total. The molecule has 2 aromatic heterocycles. The van der Waals surface area contributed by atoms with E-state index in [0.717, 1.165) is 6.07 Å². The van der Waals surface area contributed by atoms with Crippen molar-refractivity contribution in [2.75, 3.05) is 6.54 Å². The van der Waals surface area contributed by atoms with E-state index >= 15 is 0 Å². The number of aromatic nitrogens is 2. The number of hydrogen-bond acceptors (Lipinski definition) is 5. The first-order valence-corrected chi connectivity index (χ1v) is 10.6. The Hall–Kier alpha value is -1.90. The predicted octanol–water partition coefficient (Wildman–Crippen LogP) is 3.80. The lowest BCUT2D eigenvalue weighted by Crippen LogP contribution is -2.46. The van der Waals surface area contributed by atoms with E-state index < -0.39 is 29.2 Å². The van der Waals surface area contributed by atoms with Gasteiger partial charge in [-0.25, -0.2) is 14.2 Å². The zero-order valence-electron chi connectivity index (χ0n) is 15.0. The summed E-state index contributed by atoms with van der Waals surface area (Å²) in [6, 6.07) is 3.55. The molecule has 2 fully saturated rings. The van der Waals surface area contributed by atoms with Crippen LogP contribution >= 0.6 is 35.0 Å². The first-order valence-electron chi connectivity index (χ1n) is 8.94. The summed E-state index contributed by atoms with van der Waals surface area (Å²) in [7, 11) is 0. The van der Waals surface area contributed by atoms with Gasteiger partial charge in [-0.2, -0.15) is 0 Å². The second-order valence-corrected chi connectivity index (χ2v) is 9.28. The number of carbonyl (C=O) groups excluding carboxylic acids is 1. The minimum atomic E-state index is -1.12. The molecule has 0 radical (unpaired) electrons. The van der Waals surface area contributed by atoms with Gasteiger partial charge < -0.3 is 10.0 Å². The van der Waals surface area contributed by atoms with E-state index in [1.54, 1.807) is 18.3 Å². The Labute approximate surface area is 180 Å². The van der Waals surface area contributed by atoms with Gasteiger partial charge in [0.25, 0.3) is 0 Å². The van der Waals surface area contributed by atoms with Crippen LogP contribution in [0.2, 0.25) is 10.0 Å². The first kappa shape index (κ1) is 20.4. The van der Waals surface area contributed by atoms with E-state index in [-0.39, 0.29) is 28.9 Å². The molecule has 0 bridgehead atoms. The van der Waals surface area contributed by atoms with Crippen molar-refractivity contribution in [3.63, 3.8) is 0 Å². The Kier molecular flexibility index (Phi) is 5.44. The standard InChI is InChI=1S/C19H16Cl2FN3O3S/c20-10-6-13(22)15(24-8-10)19(3-4-19)18(28)25-9-11(7-14(25)17(26)27)29-16-12(21)2-1-5-23-16/h1-2,5-6,8,11,14H,3-4,7,9H2,(H,26,27)/t11-,14+/m1/s1. The van der Waals surface area contributed by atoms with Crippen LogP contribution in [0.25, 0.3) is 0 Å². The smallest absolute Gasteiger partial charge is 0.326 e. The van der Waals surface area contributed by atoms with Crippen LogP contribution in [0.1, 0.15) is 25.0 Å². The number of carbonyl (C=O) groups is 2. The minimum Gasteiger partial charge on any atom is -0.480 e. The van der Waals surface area contributed by atoms with E-state index in [1.807, 2.05) is 0 Å². The molecular formula is C19H16Cl2FN3O3S. The summed E-state index contributed by atoms with van der Waals surface area (Å²) < 4.78 is 14.4. The average Bonchev–Trinajstić information content (AvgIpc) is 3.36. The van der Waals surface area contributed by atoms with E-state index in [2.05, 4.69) is 9.97 Å². The zero-order chi connectivity index (χ0) is 20.8. The van der Waals surface area contributed by atoms with Crippen LogP contribution < -0.4 is 0 Å². The van der Waals surface area contributed by atoms with Crippen molar-refractivity contribution in [1.82, 2.24) is 14.9 Å². The van der Waals surface area contributed by atoms with E-state index in [1.165, 1.54) is 22.9 Å². The molecule has 2 atom stereocenters. The van der Waals surface area contributed by atoms with Crippen molar-refractivity contribution in [1.29, 1.82) is 0 Å². The molecule has 6 nitrogen and oxygen atoms in total. The average molecular weight is 456 g/mol. The van der Waals surface area contributed by atoms with Gasteiger partial charge >= 0.3 is 5.97 Å². The van der Waals surface area contributed by atoms with Crippen molar-refractivity contribution in [2.45, 2.75) is 41.0 Å². The van der Waals surface area contributed by atoms with Crippen LogP contribution in [-0.4, -0.2) is 49.7 Å². The van der Waals surface area contributed by atoms with Gasteiger partial charge in [0.05, 0.1) is 21.2 Å². The van der Waals surface area contributed by atoms with Gasteiger partial charge in [0, 0.05) is 24.2 Å². The van der Waals surface area contributed by atoms with Crippen molar-refractivity contribution in [3.8, 4) is 0 Å². The number of halogens is 3. The number of nitrogens with zero attached hydrogens (tertiary/aromatic N) is 3. The fourth-order valence-electron chi connectivity index (χ4n) is 3.68. The fourth-order valence-corrected chi connectivity index (χ4v) is 5.21. The lowest BCUT2D eigenvalue weighted by molar-refractivity contribution is -0.149. The molecule has 1 saturated carbocycles. The highest BCUT2D eigenvalue weighted by Gasteiger charge is 2.58. The van der Waals surface area contributed by atoms with Gasteiger partial charge in [-0.1, -0.05) is 35.0 Å². The number of thioether (sulfide) groups is 1. The highest BCUT2D eigenvalue weighted by molar-refractivity contribution is 8.00. The van der Waals surface area contributed by atoms with Crippen LogP contribution in [0.5, 0.6) is 0 Å².